The first-order chi connectivity index (χ1) is 9.97. The van der Waals surface area contributed by atoms with Gasteiger partial charge in [-0.15, -0.1) is 11.3 Å². The Labute approximate surface area is 139 Å². The van der Waals surface area contributed by atoms with E-state index in [-0.39, 0.29) is 0 Å². The zero-order valence-corrected chi connectivity index (χ0v) is 14.3. The van der Waals surface area contributed by atoms with Crippen LogP contribution in [0.15, 0.2) is 23.6 Å². The van der Waals surface area contributed by atoms with Gasteiger partial charge in [0.25, 0.3) is 0 Å². The van der Waals surface area contributed by atoms with Gasteiger partial charge in [-0.3, -0.25) is 0 Å². The minimum Gasteiger partial charge on any atom is -0.388 e. The molecule has 2 aromatic rings. The van der Waals surface area contributed by atoms with Gasteiger partial charge in [0.05, 0.1) is 26.9 Å². The van der Waals surface area contributed by atoms with E-state index >= 15 is 0 Å². The molecule has 0 aliphatic carbocycles. The van der Waals surface area contributed by atoms with Crippen molar-refractivity contribution in [3.63, 3.8) is 0 Å². The summed E-state index contributed by atoms with van der Waals surface area (Å²) in [6.07, 6.45) is -0.0181. The van der Waals surface area contributed by atoms with Gasteiger partial charge < -0.3 is 10.0 Å². The summed E-state index contributed by atoms with van der Waals surface area (Å²) >= 11 is 13.7. The highest BCUT2D eigenvalue weighted by Crippen LogP contribution is 2.31. The lowest BCUT2D eigenvalue weighted by Gasteiger charge is -2.19. The highest BCUT2D eigenvalue weighted by atomic mass is 35.5. The van der Waals surface area contributed by atoms with Gasteiger partial charge in [0.15, 0.2) is 0 Å². The molecule has 1 N–H and O–H groups in total. The Morgan fingerprint density at radius 1 is 1.38 bits per heavy atom. The molecule has 0 saturated heterocycles. The summed E-state index contributed by atoms with van der Waals surface area (Å²) in [4.78, 5) is 6.57. The van der Waals surface area contributed by atoms with Gasteiger partial charge in [-0.25, -0.2) is 4.98 Å². The van der Waals surface area contributed by atoms with Crippen molar-refractivity contribution in [3.8, 4) is 0 Å². The van der Waals surface area contributed by atoms with Crippen molar-refractivity contribution in [2.24, 2.45) is 0 Å². The normalized spacial score (nSPS) is 12.9. The number of hydrogen-bond donors (Lipinski definition) is 1. The molecule has 0 aliphatic rings. The first-order valence-electron chi connectivity index (χ1n) is 6.69. The highest BCUT2D eigenvalue weighted by molar-refractivity contribution is 7.09. The number of aryl methyl sites for hydroxylation is 1. The maximum Gasteiger partial charge on any atom is 0.0897 e. The van der Waals surface area contributed by atoms with Crippen LogP contribution in [-0.2, 0) is 6.54 Å². The SMILES string of the molecule is Cc1nc(CN(C)CCC(O)c2cccc(Cl)c2Cl)cs1. The van der Waals surface area contributed by atoms with Crippen molar-refractivity contribution in [3.05, 3.63) is 49.9 Å². The molecule has 0 amide bonds. The number of aliphatic hydroxyl groups is 1. The first kappa shape index (κ1) is 16.7. The van der Waals surface area contributed by atoms with Gasteiger partial charge in [0, 0.05) is 24.0 Å². The van der Waals surface area contributed by atoms with Crippen LogP contribution in [-0.4, -0.2) is 28.6 Å². The van der Waals surface area contributed by atoms with Crippen molar-refractivity contribution in [2.75, 3.05) is 13.6 Å². The lowest BCUT2D eigenvalue weighted by atomic mass is 10.1. The molecular weight excluding hydrogens is 327 g/mol. The average molecular weight is 345 g/mol. The molecule has 1 heterocycles. The topological polar surface area (TPSA) is 36.4 Å². The van der Waals surface area contributed by atoms with E-state index in [1.165, 1.54) is 0 Å². The maximum atomic E-state index is 10.3. The smallest absolute Gasteiger partial charge is 0.0897 e. The van der Waals surface area contributed by atoms with Crippen LogP contribution in [0.4, 0.5) is 0 Å². The summed E-state index contributed by atoms with van der Waals surface area (Å²) in [5.41, 5.74) is 1.75. The van der Waals surface area contributed by atoms with Gasteiger partial charge in [-0.05, 0) is 26.5 Å². The fourth-order valence-corrected chi connectivity index (χ4v) is 3.15. The molecule has 114 valence electrons. The number of thiazole rings is 1. The maximum absolute atomic E-state index is 10.3. The van der Waals surface area contributed by atoms with E-state index in [1.54, 1.807) is 23.5 Å². The molecule has 0 aliphatic heterocycles. The monoisotopic (exact) mass is 344 g/mol. The van der Waals surface area contributed by atoms with E-state index in [1.807, 2.05) is 20.0 Å². The Kier molecular flexibility index (Phi) is 6.02. The van der Waals surface area contributed by atoms with Crippen LogP contribution in [0.3, 0.4) is 0 Å². The quantitative estimate of drug-likeness (QED) is 0.847. The zero-order valence-electron chi connectivity index (χ0n) is 12.0. The number of aliphatic hydroxyl groups excluding tert-OH is 1. The molecule has 0 spiro atoms. The van der Waals surface area contributed by atoms with Crippen LogP contribution in [0.25, 0.3) is 0 Å². The molecule has 1 atom stereocenters. The van der Waals surface area contributed by atoms with Crippen LogP contribution >= 0.6 is 34.5 Å². The molecule has 0 bridgehead atoms. The van der Waals surface area contributed by atoms with Gasteiger partial charge in [-0.1, -0.05) is 35.3 Å². The van der Waals surface area contributed by atoms with E-state index in [9.17, 15) is 5.11 Å². The summed E-state index contributed by atoms with van der Waals surface area (Å²) in [6, 6.07) is 5.33. The summed E-state index contributed by atoms with van der Waals surface area (Å²) in [7, 11) is 2.01. The van der Waals surface area contributed by atoms with Crippen molar-refractivity contribution < 1.29 is 5.11 Å². The number of benzene rings is 1. The van der Waals surface area contributed by atoms with Crippen molar-refractivity contribution >= 4 is 34.5 Å². The molecule has 0 fully saturated rings. The minimum atomic E-state index is -0.615. The first-order valence-corrected chi connectivity index (χ1v) is 8.32. The molecular formula is C15H18Cl2N2OS. The van der Waals surface area contributed by atoms with Crippen LogP contribution in [0.1, 0.15) is 28.8 Å². The van der Waals surface area contributed by atoms with E-state index in [0.717, 1.165) is 23.8 Å². The van der Waals surface area contributed by atoms with Gasteiger partial charge in [-0.2, -0.15) is 0 Å². The molecule has 0 saturated carbocycles. The van der Waals surface area contributed by atoms with Crippen molar-refractivity contribution in [1.29, 1.82) is 0 Å². The number of nitrogens with zero attached hydrogens (tertiary/aromatic N) is 2. The lowest BCUT2D eigenvalue weighted by molar-refractivity contribution is 0.147. The molecule has 6 heteroatoms. The predicted octanol–water partition coefficient (Wildman–Crippen LogP) is 4.31. The fraction of sp³-hybridized carbons (Fsp3) is 0.400. The largest absolute Gasteiger partial charge is 0.388 e. The van der Waals surface area contributed by atoms with E-state index in [0.29, 0.717) is 22.0 Å². The van der Waals surface area contributed by atoms with Gasteiger partial charge in [0.1, 0.15) is 0 Å². The molecule has 0 radical (unpaired) electrons. The third-order valence-electron chi connectivity index (χ3n) is 3.22. The summed E-state index contributed by atoms with van der Waals surface area (Å²) in [5, 5.41) is 14.3. The molecule has 1 aromatic heterocycles. The van der Waals surface area contributed by atoms with E-state index < -0.39 is 6.10 Å². The molecule has 21 heavy (non-hydrogen) atoms. The Balaban J connectivity index is 1.88. The van der Waals surface area contributed by atoms with Crippen LogP contribution in [0, 0.1) is 6.92 Å². The average Bonchev–Trinajstić information content (AvgIpc) is 2.84. The molecule has 2 rings (SSSR count). The summed E-state index contributed by atoms with van der Waals surface area (Å²) < 4.78 is 0. The fourth-order valence-electron chi connectivity index (χ4n) is 2.11. The Hall–Kier alpha value is -0.650. The molecule has 1 aromatic carbocycles. The van der Waals surface area contributed by atoms with Gasteiger partial charge in [0.2, 0.25) is 0 Å². The Morgan fingerprint density at radius 3 is 2.81 bits per heavy atom. The molecule has 3 nitrogen and oxygen atoms in total. The number of rotatable bonds is 6. The van der Waals surface area contributed by atoms with E-state index in [4.69, 9.17) is 23.2 Å². The lowest BCUT2D eigenvalue weighted by Crippen LogP contribution is -2.21. The third-order valence-corrected chi connectivity index (χ3v) is 4.88. The Morgan fingerprint density at radius 2 is 2.14 bits per heavy atom. The van der Waals surface area contributed by atoms with Gasteiger partial charge >= 0.3 is 0 Å². The van der Waals surface area contributed by atoms with Crippen molar-refractivity contribution in [2.45, 2.75) is 26.0 Å². The summed E-state index contributed by atoms with van der Waals surface area (Å²) in [6.45, 7) is 3.53. The summed E-state index contributed by atoms with van der Waals surface area (Å²) in [5.74, 6) is 0. The molecule has 1 unspecified atom stereocenters. The Bertz CT molecular complexity index is 603. The zero-order chi connectivity index (χ0) is 15.4. The van der Waals surface area contributed by atoms with Crippen LogP contribution < -0.4 is 0 Å². The second kappa shape index (κ2) is 7.56. The highest BCUT2D eigenvalue weighted by Gasteiger charge is 2.14. The number of aromatic nitrogens is 1. The van der Waals surface area contributed by atoms with Crippen LogP contribution in [0.2, 0.25) is 10.0 Å². The second-order valence-corrected chi connectivity index (χ2v) is 6.89. The minimum absolute atomic E-state index is 0.435. The third kappa shape index (κ3) is 4.66. The van der Waals surface area contributed by atoms with Crippen molar-refractivity contribution in [1.82, 2.24) is 9.88 Å². The van der Waals surface area contributed by atoms with Crippen LogP contribution in [0.5, 0.6) is 0 Å². The predicted molar refractivity (Wildman–Crippen MR) is 89.2 cm³/mol. The number of halogens is 2. The standard InChI is InChI=1S/C15H18Cl2N2OS/c1-10-18-11(9-21-10)8-19(2)7-6-14(20)12-4-3-5-13(16)15(12)17/h3-5,9,14,20H,6-8H2,1-2H3. The second-order valence-electron chi connectivity index (χ2n) is 5.04. The van der Waals surface area contributed by atoms with E-state index in [2.05, 4.69) is 15.3 Å². The number of hydrogen-bond acceptors (Lipinski definition) is 4.